The zero-order chi connectivity index (χ0) is 11.4. The first-order chi connectivity index (χ1) is 7.74. The van der Waals surface area contributed by atoms with Crippen molar-refractivity contribution in [3.63, 3.8) is 0 Å². The normalized spacial score (nSPS) is 10.3. The minimum absolute atomic E-state index is 0.537. The fourth-order valence-electron chi connectivity index (χ4n) is 1.36. The first-order valence-electron chi connectivity index (χ1n) is 5.11. The molecule has 16 heavy (non-hydrogen) atoms. The van der Waals surface area contributed by atoms with Gasteiger partial charge < -0.3 is 11.1 Å². The maximum absolute atomic E-state index is 5.58. The zero-order valence-electron chi connectivity index (χ0n) is 9.10. The summed E-state index contributed by atoms with van der Waals surface area (Å²) in [6.07, 6.45) is 0.912. The molecule has 4 nitrogen and oxygen atoms in total. The third kappa shape index (κ3) is 2.93. The van der Waals surface area contributed by atoms with Gasteiger partial charge in [0.05, 0.1) is 5.01 Å². The van der Waals surface area contributed by atoms with Gasteiger partial charge in [0.1, 0.15) is 11.6 Å². The van der Waals surface area contributed by atoms with Gasteiger partial charge in [0.15, 0.2) is 0 Å². The first-order valence-corrected chi connectivity index (χ1v) is 5.99. The lowest BCUT2D eigenvalue weighted by Crippen LogP contribution is -2.06. The van der Waals surface area contributed by atoms with Gasteiger partial charge in [-0.1, -0.05) is 6.07 Å². The highest BCUT2D eigenvalue weighted by molar-refractivity contribution is 7.09. The highest BCUT2D eigenvalue weighted by Crippen LogP contribution is 2.10. The number of aromatic nitrogens is 2. The smallest absolute Gasteiger partial charge is 0.128 e. The average Bonchev–Trinajstić information content (AvgIpc) is 2.64. The number of pyridine rings is 1. The van der Waals surface area contributed by atoms with E-state index in [4.69, 9.17) is 5.73 Å². The Kier molecular flexibility index (Phi) is 3.36. The van der Waals surface area contributed by atoms with Gasteiger partial charge in [0, 0.05) is 24.0 Å². The van der Waals surface area contributed by atoms with E-state index in [0.29, 0.717) is 5.82 Å². The molecule has 5 heteroatoms. The van der Waals surface area contributed by atoms with Crippen molar-refractivity contribution in [1.29, 1.82) is 0 Å². The second-order valence-electron chi connectivity index (χ2n) is 3.51. The van der Waals surface area contributed by atoms with Crippen LogP contribution in [0.25, 0.3) is 0 Å². The van der Waals surface area contributed by atoms with Crippen LogP contribution in [0, 0.1) is 6.92 Å². The number of anilines is 2. The number of nitrogens with zero attached hydrogens (tertiary/aromatic N) is 2. The summed E-state index contributed by atoms with van der Waals surface area (Å²) in [4.78, 5) is 8.55. The van der Waals surface area contributed by atoms with Crippen molar-refractivity contribution in [2.45, 2.75) is 13.3 Å². The maximum Gasteiger partial charge on any atom is 0.128 e. The summed E-state index contributed by atoms with van der Waals surface area (Å²) in [6, 6.07) is 5.57. The number of hydrogen-bond acceptors (Lipinski definition) is 5. The fraction of sp³-hybridized carbons (Fsp3) is 0.273. The number of aryl methyl sites for hydroxylation is 1. The molecule has 2 aromatic heterocycles. The molecule has 0 fully saturated rings. The molecule has 0 amide bonds. The van der Waals surface area contributed by atoms with E-state index in [1.165, 1.54) is 0 Å². The summed E-state index contributed by atoms with van der Waals surface area (Å²) in [6.45, 7) is 2.83. The molecule has 0 unspecified atom stereocenters. The van der Waals surface area contributed by atoms with Gasteiger partial charge >= 0.3 is 0 Å². The summed E-state index contributed by atoms with van der Waals surface area (Å²) in [5.41, 5.74) is 6.67. The summed E-state index contributed by atoms with van der Waals surface area (Å²) in [5, 5.41) is 6.43. The van der Waals surface area contributed by atoms with Gasteiger partial charge in [-0.15, -0.1) is 11.3 Å². The highest BCUT2D eigenvalue weighted by atomic mass is 32.1. The van der Waals surface area contributed by atoms with Crippen LogP contribution in [0.2, 0.25) is 0 Å². The molecule has 0 aliphatic heterocycles. The van der Waals surface area contributed by atoms with E-state index in [9.17, 15) is 0 Å². The first kappa shape index (κ1) is 10.9. The number of nitrogens with one attached hydrogen (secondary N) is 1. The molecule has 0 aliphatic carbocycles. The van der Waals surface area contributed by atoms with Crippen LogP contribution in [0.1, 0.15) is 10.7 Å². The average molecular weight is 234 g/mol. The maximum atomic E-state index is 5.58. The second-order valence-corrected chi connectivity index (χ2v) is 4.45. The number of nitrogens with two attached hydrogens (primary N) is 1. The van der Waals surface area contributed by atoms with Crippen LogP contribution in [-0.2, 0) is 6.42 Å². The molecule has 0 saturated heterocycles. The number of nitrogen functional groups attached to an aromatic ring is 1. The fourth-order valence-corrected chi connectivity index (χ4v) is 2.14. The highest BCUT2D eigenvalue weighted by Gasteiger charge is 1.99. The lowest BCUT2D eigenvalue weighted by Gasteiger charge is -2.04. The van der Waals surface area contributed by atoms with Gasteiger partial charge in [0.25, 0.3) is 0 Å². The van der Waals surface area contributed by atoms with Gasteiger partial charge in [-0.2, -0.15) is 0 Å². The second kappa shape index (κ2) is 4.94. The molecule has 0 radical (unpaired) electrons. The van der Waals surface area contributed by atoms with Crippen molar-refractivity contribution in [1.82, 2.24) is 9.97 Å². The molecule has 2 aromatic rings. The Bertz CT molecular complexity index is 467. The molecule has 0 aromatic carbocycles. The quantitative estimate of drug-likeness (QED) is 0.850. The molecular formula is C11H14N4S. The summed E-state index contributed by atoms with van der Waals surface area (Å²) < 4.78 is 0. The number of thiazole rings is 1. The molecule has 0 spiro atoms. The van der Waals surface area contributed by atoms with Crippen molar-refractivity contribution in [2.75, 3.05) is 17.6 Å². The van der Waals surface area contributed by atoms with E-state index in [0.717, 1.165) is 29.5 Å². The van der Waals surface area contributed by atoms with Crippen molar-refractivity contribution in [2.24, 2.45) is 0 Å². The Hall–Kier alpha value is -1.62. The lowest BCUT2D eigenvalue weighted by atomic mass is 10.4. The monoisotopic (exact) mass is 234 g/mol. The Morgan fingerprint density at radius 2 is 2.25 bits per heavy atom. The molecule has 0 aliphatic rings. The lowest BCUT2D eigenvalue weighted by molar-refractivity contribution is 0.978. The predicted octanol–water partition coefficient (Wildman–Crippen LogP) is 2.08. The molecular weight excluding hydrogens is 220 g/mol. The van der Waals surface area contributed by atoms with Crippen LogP contribution in [0.5, 0.6) is 0 Å². The summed E-state index contributed by atoms with van der Waals surface area (Å²) >= 11 is 1.69. The number of hydrogen-bond donors (Lipinski definition) is 2. The van der Waals surface area contributed by atoms with E-state index in [-0.39, 0.29) is 0 Å². The van der Waals surface area contributed by atoms with E-state index in [2.05, 4.69) is 20.7 Å². The minimum Gasteiger partial charge on any atom is -0.384 e. The van der Waals surface area contributed by atoms with Crippen LogP contribution in [0.15, 0.2) is 23.6 Å². The Morgan fingerprint density at radius 3 is 2.94 bits per heavy atom. The van der Waals surface area contributed by atoms with Crippen molar-refractivity contribution in [3.05, 3.63) is 34.3 Å². The van der Waals surface area contributed by atoms with Crippen molar-refractivity contribution >= 4 is 23.0 Å². The van der Waals surface area contributed by atoms with E-state index in [1.54, 1.807) is 17.4 Å². The Balaban J connectivity index is 1.84. The van der Waals surface area contributed by atoms with Gasteiger partial charge in [-0.05, 0) is 19.1 Å². The standard InChI is InChI=1S/C11H14N4S/c1-8-7-16-11(14-8)5-6-13-10-4-2-3-9(12)15-10/h2-4,7H,5-6H2,1H3,(H3,12,13,15). The topological polar surface area (TPSA) is 63.8 Å². The van der Waals surface area contributed by atoms with E-state index < -0.39 is 0 Å². The predicted molar refractivity (Wildman–Crippen MR) is 67.7 cm³/mol. The molecule has 0 bridgehead atoms. The largest absolute Gasteiger partial charge is 0.384 e. The minimum atomic E-state index is 0.537. The summed E-state index contributed by atoms with van der Waals surface area (Å²) in [5.74, 6) is 1.35. The Morgan fingerprint density at radius 1 is 1.38 bits per heavy atom. The van der Waals surface area contributed by atoms with Crippen molar-refractivity contribution < 1.29 is 0 Å². The SMILES string of the molecule is Cc1csc(CCNc2cccc(N)n2)n1. The molecule has 3 N–H and O–H groups in total. The van der Waals surface area contributed by atoms with E-state index in [1.807, 2.05) is 19.1 Å². The van der Waals surface area contributed by atoms with E-state index >= 15 is 0 Å². The molecule has 2 rings (SSSR count). The van der Waals surface area contributed by atoms with Crippen LogP contribution in [0.4, 0.5) is 11.6 Å². The van der Waals surface area contributed by atoms with Gasteiger partial charge in [0.2, 0.25) is 0 Å². The summed E-state index contributed by atoms with van der Waals surface area (Å²) in [7, 11) is 0. The van der Waals surface area contributed by atoms with Gasteiger partial charge in [-0.25, -0.2) is 9.97 Å². The van der Waals surface area contributed by atoms with Crippen molar-refractivity contribution in [3.8, 4) is 0 Å². The molecule has 2 heterocycles. The molecule has 0 saturated carbocycles. The molecule has 0 atom stereocenters. The van der Waals surface area contributed by atoms with Crippen LogP contribution >= 0.6 is 11.3 Å². The van der Waals surface area contributed by atoms with Crippen LogP contribution < -0.4 is 11.1 Å². The zero-order valence-corrected chi connectivity index (χ0v) is 9.92. The van der Waals surface area contributed by atoms with Gasteiger partial charge in [-0.3, -0.25) is 0 Å². The van der Waals surface area contributed by atoms with Crippen LogP contribution in [0.3, 0.4) is 0 Å². The molecule has 84 valence electrons. The third-order valence-electron chi connectivity index (χ3n) is 2.08. The Labute approximate surface area is 98.6 Å². The van der Waals surface area contributed by atoms with Crippen LogP contribution in [-0.4, -0.2) is 16.5 Å². The third-order valence-corrected chi connectivity index (χ3v) is 3.11. The number of rotatable bonds is 4.